The zero-order valence-electron chi connectivity index (χ0n) is 13.5. The molecule has 0 bridgehead atoms. The van der Waals surface area contributed by atoms with Gasteiger partial charge in [-0.25, -0.2) is 9.78 Å². The number of ketones is 1. The molecule has 0 spiro atoms. The largest absolute Gasteiger partial charge is 0.444 e. The Morgan fingerprint density at radius 2 is 1.96 bits per heavy atom. The maximum atomic E-state index is 11.9. The number of carbonyl (C=O) groups is 2. The van der Waals surface area contributed by atoms with Crippen LogP contribution in [0.3, 0.4) is 0 Å². The van der Waals surface area contributed by atoms with Gasteiger partial charge in [-0.1, -0.05) is 65.1 Å². The Balaban J connectivity index is 1.61. The van der Waals surface area contributed by atoms with E-state index in [-0.39, 0.29) is 12.3 Å². The molecule has 3 aromatic rings. The number of rotatable bonds is 5. The van der Waals surface area contributed by atoms with Crippen molar-refractivity contribution in [2.45, 2.75) is 10.4 Å². The van der Waals surface area contributed by atoms with Crippen LogP contribution in [0.1, 0.15) is 16.1 Å². The molecule has 2 aromatic heterocycles. The smallest absolute Gasteiger partial charge is 0.413 e. The Hall–Kier alpha value is -2.06. The summed E-state index contributed by atoms with van der Waals surface area (Å²) in [6.45, 7) is 0.158. The highest BCUT2D eigenvalue weighted by molar-refractivity contribution is 7.14. The van der Waals surface area contributed by atoms with E-state index in [9.17, 15) is 9.59 Å². The molecule has 6 nitrogen and oxygen atoms in total. The summed E-state index contributed by atoms with van der Waals surface area (Å²) >= 11 is 18.0. The number of halogens is 3. The molecule has 0 saturated heterocycles. The molecule has 3 rings (SSSR count). The molecule has 0 fully saturated rings. The van der Waals surface area contributed by atoms with Gasteiger partial charge in [0.05, 0.1) is 11.4 Å². The summed E-state index contributed by atoms with van der Waals surface area (Å²) < 4.78 is 3.10. The summed E-state index contributed by atoms with van der Waals surface area (Å²) in [4.78, 5) is 30.8. The van der Waals surface area contributed by atoms with Crippen molar-refractivity contribution in [3.05, 3.63) is 59.2 Å². The lowest BCUT2D eigenvalue weighted by atomic mass is 10.2. The number of hydrogen-bond acceptors (Lipinski definition) is 5. The predicted molar refractivity (Wildman–Crippen MR) is 107 cm³/mol. The Morgan fingerprint density at radius 1 is 1.22 bits per heavy atom. The van der Waals surface area contributed by atoms with Crippen molar-refractivity contribution in [3.63, 3.8) is 0 Å². The van der Waals surface area contributed by atoms with E-state index in [0.29, 0.717) is 16.4 Å². The van der Waals surface area contributed by atoms with E-state index in [0.717, 1.165) is 5.56 Å². The van der Waals surface area contributed by atoms with E-state index >= 15 is 0 Å². The number of nitrogens with zero attached hydrogens (tertiary/aromatic N) is 1. The van der Waals surface area contributed by atoms with Gasteiger partial charge in [-0.3, -0.25) is 10.1 Å². The van der Waals surface area contributed by atoms with Crippen molar-refractivity contribution in [3.8, 4) is 11.3 Å². The van der Waals surface area contributed by atoms with Crippen LogP contribution in [-0.4, -0.2) is 25.6 Å². The number of aromatic nitrogens is 2. The normalized spacial score (nSPS) is 11.2. The summed E-state index contributed by atoms with van der Waals surface area (Å²) in [5, 5.41) is 4.64. The molecule has 0 saturated carbocycles. The minimum Gasteiger partial charge on any atom is -0.444 e. The molecule has 0 unspecified atom stereocenters. The van der Waals surface area contributed by atoms with E-state index in [1.807, 2.05) is 30.3 Å². The van der Waals surface area contributed by atoms with Gasteiger partial charge in [0.25, 0.3) is 3.79 Å². The molecular formula is C17H12Cl3N3O3S. The lowest BCUT2D eigenvalue weighted by Gasteiger charge is -2.06. The van der Waals surface area contributed by atoms with Crippen LogP contribution in [0.4, 0.5) is 9.93 Å². The van der Waals surface area contributed by atoms with Crippen LogP contribution in [0.25, 0.3) is 11.3 Å². The third kappa shape index (κ3) is 5.23. The number of nitrogens with one attached hydrogen (secondary N) is 2. The fraction of sp³-hybridized carbons (Fsp3) is 0.118. The highest BCUT2D eigenvalue weighted by atomic mass is 35.6. The van der Waals surface area contributed by atoms with Crippen LogP contribution >= 0.6 is 46.1 Å². The summed E-state index contributed by atoms with van der Waals surface area (Å²) in [5.74, 6) is -0.670. The van der Waals surface area contributed by atoms with Gasteiger partial charge in [0.1, 0.15) is 6.61 Å². The number of carbonyl (C=O) groups excluding carboxylic acids is 2. The molecule has 2 heterocycles. The zero-order valence-corrected chi connectivity index (χ0v) is 16.6. The minimum atomic E-state index is -2.04. The SMILES string of the molecule is O=C(Nc1nc(-c2c[nH]c(C(=O)C(Cl)(Cl)Cl)c2)cs1)OCc1ccccc1. The molecule has 140 valence electrons. The molecule has 1 amide bonds. The van der Waals surface area contributed by atoms with Crippen LogP contribution in [0.2, 0.25) is 0 Å². The first kappa shape index (κ1) is 19.7. The number of alkyl halides is 3. The lowest BCUT2D eigenvalue weighted by molar-refractivity contribution is 0.0992. The van der Waals surface area contributed by atoms with Crippen molar-refractivity contribution < 1.29 is 14.3 Å². The van der Waals surface area contributed by atoms with Gasteiger partial charge in [-0.15, -0.1) is 11.3 Å². The van der Waals surface area contributed by atoms with Crippen LogP contribution < -0.4 is 5.32 Å². The summed E-state index contributed by atoms with van der Waals surface area (Å²) in [6, 6.07) is 10.9. The molecule has 0 aliphatic heterocycles. The number of ether oxygens (including phenoxy) is 1. The van der Waals surface area contributed by atoms with E-state index in [2.05, 4.69) is 15.3 Å². The summed E-state index contributed by atoms with van der Waals surface area (Å²) in [6.07, 6.45) is 0.955. The standard InChI is InChI=1S/C17H12Cl3N3O3S/c18-17(19,20)14(24)12-6-11(7-21-12)13-9-27-15(22-13)23-16(25)26-8-10-4-2-1-3-5-10/h1-7,9,21H,8H2,(H,22,23,25). The number of H-pyrrole nitrogens is 1. The first-order valence-corrected chi connectivity index (χ1v) is 9.58. The maximum Gasteiger partial charge on any atom is 0.413 e. The monoisotopic (exact) mass is 443 g/mol. The minimum absolute atomic E-state index is 0.148. The van der Waals surface area contributed by atoms with Crippen LogP contribution in [-0.2, 0) is 11.3 Å². The molecular weight excluding hydrogens is 433 g/mol. The zero-order chi connectivity index (χ0) is 19.4. The quantitative estimate of drug-likeness (QED) is 0.405. The molecule has 0 radical (unpaired) electrons. The second-order valence-corrected chi connectivity index (χ2v) is 8.49. The highest BCUT2D eigenvalue weighted by Gasteiger charge is 2.32. The summed E-state index contributed by atoms with van der Waals surface area (Å²) in [7, 11) is 0. The van der Waals surface area contributed by atoms with Crippen molar-refractivity contribution >= 4 is 63.1 Å². The Bertz CT molecular complexity index is 951. The van der Waals surface area contributed by atoms with Crippen molar-refractivity contribution in [1.29, 1.82) is 0 Å². The fourth-order valence-electron chi connectivity index (χ4n) is 2.14. The second kappa shape index (κ2) is 8.31. The van der Waals surface area contributed by atoms with Gasteiger partial charge in [-0.05, 0) is 11.6 Å². The van der Waals surface area contributed by atoms with Crippen LogP contribution in [0, 0.1) is 0 Å². The van der Waals surface area contributed by atoms with Crippen molar-refractivity contribution in [2.24, 2.45) is 0 Å². The van der Waals surface area contributed by atoms with Crippen molar-refractivity contribution in [2.75, 3.05) is 5.32 Å². The first-order valence-electron chi connectivity index (χ1n) is 7.56. The third-order valence-electron chi connectivity index (χ3n) is 3.41. The molecule has 0 aliphatic rings. The average molecular weight is 445 g/mol. The van der Waals surface area contributed by atoms with E-state index < -0.39 is 15.7 Å². The molecule has 0 aliphatic carbocycles. The fourth-order valence-corrected chi connectivity index (χ4v) is 3.15. The van der Waals surface area contributed by atoms with Gasteiger partial charge in [0.2, 0.25) is 5.78 Å². The molecule has 27 heavy (non-hydrogen) atoms. The number of hydrogen-bond donors (Lipinski definition) is 2. The topological polar surface area (TPSA) is 84.1 Å². The van der Waals surface area contributed by atoms with Gasteiger partial charge in [-0.2, -0.15) is 0 Å². The first-order chi connectivity index (χ1) is 12.8. The predicted octanol–water partition coefficient (Wildman–Crippen LogP) is 5.44. The molecule has 10 heteroatoms. The van der Waals surface area contributed by atoms with Crippen LogP contribution in [0.15, 0.2) is 48.0 Å². The number of amides is 1. The van der Waals surface area contributed by atoms with Crippen LogP contribution in [0.5, 0.6) is 0 Å². The number of aromatic amines is 1. The van der Waals surface area contributed by atoms with E-state index in [4.69, 9.17) is 39.5 Å². The van der Waals surface area contributed by atoms with Gasteiger partial charge >= 0.3 is 6.09 Å². The Morgan fingerprint density at radius 3 is 2.67 bits per heavy atom. The second-order valence-electron chi connectivity index (χ2n) is 5.35. The molecule has 1 aromatic carbocycles. The maximum absolute atomic E-state index is 11.9. The third-order valence-corrected chi connectivity index (χ3v) is 4.68. The van der Waals surface area contributed by atoms with E-state index in [1.54, 1.807) is 11.6 Å². The number of anilines is 1. The highest BCUT2D eigenvalue weighted by Crippen LogP contribution is 2.32. The van der Waals surface area contributed by atoms with Gasteiger partial charge in [0.15, 0.2) is 5.13 Å². The average Bonchev–Trinajstić information content (AvgIpc) is 3.28. The number of thiazole rings is 1. The van der Waals surface area contributed by atoms with Gasteiger partial charge in [0, 0.05) is 17.1 Å². The summed E-state index contributed by atoms with van der Waals surface area (Å²) in [5.41, 5.74) is 2.20. The Labute approximate surface area is 173 Å². The number of Topliss-reactive ketones (excluding diaryl/α,β-unsaturated/α-hetero) is 1. The number of benzene rings is 1. The molecule has 0 atom stereocenters. The lowest BCUT2D eigenvalue weighted by Crippen LogP contribution is -2.19. The van der Waals surface area contributed by atoms with E-state index in [1.165, 1.54) is 17.4 Å². The molecule has 2 N–H and O–H groups in total. The van der Waals surface area contributed by atoms with Crippen molar-refractivity contribution in [1.82, 2.24) is 9.97 Å². The van der Waals surface area contributed by atoms with Gasteiger partial charge < -0.3 is 9.72 Å². The Kier molecular flexibility index (Phi) is 6.06.